The Morgan fingerprint density at radius 2 is 2.06 bits per heavy atom. The third-order valence-electron chi connectivity index (χ3n) is 3.06. The smallest absolute Gasteiger partial charge is 0.122 e. The zero-order valence-electron chi connectivity index (χ0n) is 11.2. The second-order valence-corrected chi connectivity index (χ2v) is 4.63. The molecule has 96 valence electrons. The number of rotatable bonds is 6. The van der Waals surface area contributed by atoms with Gasteiger partial charge in [0.25, 0.3) is 0 Å². The van der Waals surface area contributed by atoms with E-state index in [4.69, 9.17) is 9.84 Å². The molecule has 17 heavy (non-hydrogen) atoms. The summed E-state index contributed by atoms with van der Waals surface area (Å²) in [6.07, 6.45) is 0. The fourth-order valence-electron chi connectivity index (χ4n) is 1.52. The second-order valence-electron chi connectivity index (χ2n) is 4.63. The van der Waals surface area contributed by atoms with Gasteiger partial charge in [-0.25, -0.2) is 0 Å². The van der Waals surface area contributed by atoms with Gasteiger partial charge in [-0.3, -0.25) is 4.90 Å². The molecule has 1 rings (SSSR count). The normalized spacial score (nSPS) is 12.8. The molecule has 1 N–H and O–H groups in total. The van der Waals surface area contributed by atoms with E-state index in [1.54, 1.807) is 0 Å². The van der Waals surface area contributed by atoms with Gasteiger partial charge < -0.3 is 9.84 Å². The fraction of sp³-hybridized carbons (Fsp3) is 0.571. The molecule has 0 spiro atoms. The van der Waals surface area contributed by atoms with E-state index in [1.807, 2.05) is 14.0 Å². The molecular weight excluding hydrogens is 214 g/mol. The van der Waals surface area contributed by atoms with E-state index in [9.17, 15) is 0 Å². The van der Waals surface area contributed by atoms with Crippen LogP contribution in [0.5, 0.6) is 5.75 Å². The van der Waals surface area contributed by atoms with Crippen molar-refractivity contribution < 1.29 is 9.84 Å². The molecule has 0 saturated carbocycles. The van der Waals surface area contributed by atoms with Crippen molar-refractivity contribution >= 4 is 0 Å². The predicted octanol–water partition coefficient (Wildman–Crippen LogP) is 1.99. The first-order chi connectivity index (χ1) is 8.04. The molecule has 1 atom stereocenters. The second kappa shape index (κ2) is 6.62. The van der Waals surface area contributed by atoms with Crippen LogP contribution in [-0.2, 0) is 0 Å². The number of aliphatic hydroxyl groups excluding tert-OH is 1. The Labute approximate surface area is 104 Å². The summed E-state index contributed by atoms with van der Waals surface area (Å²) in [6.45, 7) is 7.75. The maximum atomic E-state index is 9.02. The van der Waals surface area contributed by atoms with Crippen molar-refractivity contribution in [3.63, 3.8) is 0 Å². The number of benzene rings is 1. The quantitative estimate of drug-likeness (QED) is 0.821. The Morgan fingerprint density at radius 1 is 1.35 bits per heavy atom. The first kappa shape index (κ1) is 14.0. The first-order valence-corrected chi connectivity index (χ1v) is 6.05. The molecule has 0 fully saturated rings. The van der Waals surface area contributed by atoms with Gasteiger partial charge in [-0.15, -0.1) is 0 Å². The van der Waals surface area contributed by atoms with Crippen LogP contribution >= 0.6 is 0 Å². The van der Waals surface area contributed by atoms with Gasteiger partial charge in [0.2, 0.25) is 0 Å². The molecule has 0 aliphatic rings. The average molecular weight is 237 g/mol. The van der Waals surface area contributed by atoms with Crippen LogP contribution in [0.4, 0.5) is 0 Å². The van der Waals surface area contributed by atoms with Gasteiger partial charge in [0.15, 0.2) is 0 Å². The van der Waals surface area contributed by atoms with Gasteiger partial charge in [-0.2, -0.15) is 0 Å². The van der Waals surface area contributed by atoms with Gasteiger partial charge in [-0.05, 0) is 45.0 Å². The summed E-state index contributed by atoms with van der Waals surface area (Å²) in [5.41, 5.74) is 2.37. The number of likely N-dealkylation sites (N-methyl/N-ethyl adjacent to an activating group) is 1. The Morgan fingerprint density at radius 3 is 2.71 bits per heavy atom. The molecule has 0 radical (unpaired) electrons. The summed E-state index contributed by atoms with van der Waals surface area (Å²) in [5, 5.41) is 9.02. The van der Waals surface area contributed by atoms with Crippen LogP contribution in [0.1, 0.15) is 18.1 Å². The van der Waals surface area contributed by atoms with Gasteiger partial charge in [0.1, 0.15) is 12.4 Å². The summed E-state index contributed by atoms with van der Waals surface area (Å²) in [4.78, 5) is 2.09. The molecule has 3 heteroatoms. The number of aryl methyl sites for hydroxylation is 2. The molecule has 1 unspecified atom stereocenters. The highest BCUT2D eigenvalue weighted by atomic mass is 16.5. The summed E-state index contributed by atoms with van der Waals surface area (Å²) < 4.78 is 5.76. The molecule has 0 heterocycles. The number of hydrogen-bond donors (Lipinski definition) is 1. The third-order valence-corrected chi connectivity index (χ3v) is 3.06. The van der Waals surface area contributed by atoms with E-state index in [-0.39, 0.29) is 12.6 Å². The molecule has 0 amide bonds. The Balaban J connectivity index is 2.43. The largest absolute Gasteiger partial charge is 0.492 e. The minimum atomic E-state index is 0.178. The molecule has 1 aromatic carbocycles. The Bertz CT molecular complexity index is 352. The summed E-state index contributed by atoms with van der Waals surface area (Å²) >= 11 is 0. The predicted molar refractivity (Wildman–Crippen MR) is 70.6 cm³/mol. The van der Waals surface area contributed by atoms with E-state index in [0.717, 1.165) is 17.9 Å². The topological polar surface area (TPSA) is 32.7 Å². The molecule has 0 aliphatic heterocycles. The van der Waals surface area contributed by atoms with Gasteiger partial charge in [0.05, 0.1) is 6.61 Å². The summed E-state index contributed by atoms with van der Waals surface area (Å²) in [6, 6.07) is 6.40. The highest BCUT2D eigenvalue weighted by Crippen LogP contribution is 2.18. The summed E-state index contributed by atoms with van der Waals surface area (Å²) in [7, 11) is 1.99. The molecule has 0 saturated heterocycles. The standard InChI is InChI=1S/C14H23NO2/c1-11-5-6-12(2)14(9-11)17-8-7-15(4)13(3)10-16/h5-6,9,13,16H,7-8,10H2,1-4H3. The van der Waals surface area contributed by atoms with Gasteiger partial charge in [-0.1, -0.05) is 12.1 Å². The molecule has 0 aliphatic carbocycles. The highest BCUT2D eigenvalue weighted by Gasteiger charge is 2.07. The monoisotopic (exact) mass is 237 g/mol. The molecular formula is C14H23NO2. The molecule has 3 nitrogen and oxygen atoms in total. The lowest BCUT2D eigenvalue weighted by Gasteiger charge is -2.22. The van der Waals surface area contributed by atoms with Crippen LogP contribution in [0, 0.1) is 13.8 Å². The van der Waals surface area contributed by atoms with Crippen molar-refractivity contribution in [3.05, 3.63) is 29.3 Å². The van der Waals surface area contributed by atoms with Gasteiger partial charge >= 0.3 is 0 Å². The minimum Gasteiger partial charge on any atom is -0.492 e. The van der Waals surface area contributed by atoms with Crippen molar-refractivity contribution in [3.8, 4) is 5.75 Å². The van der Waals surface area contributed by atoms with E-state index >= 15 is 0 Å². The van der Waals surface area contributed by atoms with Crippen molar-refractivity contribution in [2.75, 3.05) is 26.8 Å². The van der Waals surface area contributed by atoms with E-state index in [2.05, 4.69) is 36.9 Å². The van der Waals surface area contributed by atoms with Crippen LogP contribution in [0.3, 0.4) is 0 Å². The lowest BCUT2D eigenvalue weighted by atomic mass is 10.1. The van der Waals surface area contributed by atoms with Crippen LogP contribution < -0.4 is 4.74 Å². The maximum Gasteiger partial charge on any atom is 0.122 e. The van der Waals surface area contributed by atoms with Crippen molar-refractivity contribution in [1.29, 1.82) is 0 Å². The molecule has 1 aromatic rings. The van der Waals surface area contributed by atoms with E-state index in [0.29, 0.717) is 6.61 Å². The number of hydrogen-bond acceptors (Lipinski definition) is 3. The highest BCUT2D eigenvalue weighted by molar-refractivity contribution is 5.35. The van der Waals surface area contributed by atoms with Crippen molar-refractivity contribution in [1.82, 2.24) is 4.90 Å². The molecule has 0 bridgehead atoms. The maximum absolute atomic E-state index is 9.02. The Hall–Kier alpha value is -1.06. The van der Waals surface area contributed by atoms with Crippen molar-refractivity contribution in [2.24, 2.45) is 0 Å². The third kappa shape index (κ3) is 4.36. The minimum absolute atomic E-state index is 0.178. The summed E-state index contributed by atoms with van der Waals surface area (Å²) in [5.74, 6) is 0.954. The number of nitrogens with zero attached hydrogens (tertiary/aromatic N) is 1. The van der Waals surface area contributed by atoms with E-state index < -0.39 is 0 Å². The average Bonchev–Trinajstić information content (AvgIpc) is 2.32. The van der Waals surface area contributed by atoms with Crippen molar-refractivity contribution in [2.45, 2.75) is 26.8 Å². The van der Waals surface area contributed by atoms with Crippen LogP contribution in [0.15, 0.2) is 18.2 Å². The van der Waals surface area contributed by atoms with Crippen LogP contribution in [0.25, 0.3) is 0 Å². The lowest BCUT2D eigenvalue weighted by molar-refractivity contribution is 0.140. The zero-order valence-corrected chi connectivity index (χ0v) is 11.2. The van der Waals surface area contributed by atoms with Crippen LogP contribution in [0.2, 0.25) is 0 Å². The van der Waals surface area contributed by atoms with Crippen LogP contribution in [-0.4, -0.2) is 42.9 Å². The molecule has 0 aromatic heterocycles. The SMILES string of the molecule is Cc1ccc(C)c(OCCN(C)C(C)CO)c1. The van der Waals surface area contributed by atoms with Gasteiger partial charge in [0, 0.05) is 12.6 Å². The van der Waals surface area contributed by atoms with E-state index in [1.165, 1.54) is 5.56 Å². The Kier molecular flexibility index (Phi) is 5.45. The number of aliphatic hydroxyl groups is 1. The number of ether oxygens (including phenoxy) is 1. The first-order valence-electron chi connectivity index (χ1n) is 6.05. The fourth-order valence-corrected chi connectivity index (χ4v) is 1.52. The zero-order chi connectivity index (χ0) is 12.8. The lowest BCUT2D eigenvalue weighted by Crippen LogP contribution is -2.35.